The summed E-state index contributed by atoms with van der Waals surface area (Å²) in [5.74, 6) is 0.772. The Hall–Kier alpha value is -0.600. The number of nitrogens with one attached hydrogen (secondary N) is 1. The van der Waals surface area contributed by atoms with Gasteiger partial charge in [-0.1, -0.05) is 32.4 Å². The Morgan fingerprint density at radius 3 is 2.71 bits per heavy atom. The molecule has 3 heteroatoms. The summed E-state index contributed by atoms with van der Waals surface area (Å²) in [6, 6.07) is 2.61. The van der Waals surface area contributed by atoms with E-state index < -0.39 is 0 Å². The van der Waals surface area contributed by atoms with Crippen LogP contribution in [0.5, 0.6) is 0 Å². The lowest BCUT2D eigenvalue weighted by Crippen LogP contribution is -2.41. The van der Waals surface area contributed by atoms with E-state index in [-0.39, 0.29) is 0 Å². The van der Waals surface area contributed by atoms with E-state index >= 15 is 0 Å². The van der Waals surface area contributed by atoms with Crippen molar-refractivity contribution in [3.8, 4) is 0 Å². The third-order valence-corrected chi connectivity index (χ3v) is 5.25. The minimum Gasteiger partial charge on any atom is -0.313 e. The van der Waals surface area contributed by atoms with Crippen molar-refractivity contribution >= 4 is 11.6 Å². The Labute approximate surface area is 134 Å². The van der Waals surface area contributed by atoms with E-state index in [1.165, 1.54) is 37.7 Å². The average molecular weight is 309 g/mol. The third-order valence-electron chi connectivity index (χ3n) is 4.91. The minimum absolute atomic E-state index is 0.528. The Morgan fingerprint density at radius 2 is 2.10 bits per heavy atom. The molecule has 0 spiro atoms. The number of hydrogen-bond donors (Lipinski definition) is 1. The van der Waals surface area contributed by atoms with Crippen LogP contribution in [-0.4, -0.2) is 17.6 Å². The molecule has 0 saturated heterocycles. The molecule has 1 aliphatic rings. The monoisotopic (exact) mass is 308 g/mol. The van der Waals surface area contributed by atoms with E-state index in [0.29, 0.717) is 11.5 Å². The SMILES string of the molecule is CCCNC(Cc1ccncc1Cl)C1CCC(C)(C)CC1. The van der Waals surface area contributed by atoms with Crippen molar-refractivity contribution < 1.29 is 0 Å². The first-order valence-corrected chi connectivity index (χ1v) is 8.71. The molecule has 0 aromatic carbocycles. The molecule has 1 N–H and O–H groups in total. The maximum atomic E-state index is 6.30. The van der Waals surface area contributed by atoms with Crippen LogP contribution < -0.4 is 5.32 Å². The van der Waals surface area contributed by atoms with Gasteiger partial charge in [-0.3, -0.25) is 4.98 Å². The van der Waals surface area contributed by atoms with Gasteiger partial charge in [0.05, 0.1) is 5.02 Å². The standard InChI is InChI=1S/C18H29ClN2/c1-4-10-21-17(12-15-7-11-20-13-16(15)19)14-5-8-18(2,3)9-6-14/h7,11,13-14,17,21H,4-6,8-10,12H2,1-3H3. The lowest BCUT2D eigenvalue weighted by atomic mass is 9.70. The highest BCUT2D eigenvalue weighted by Crippen LogP contribution is 2.39. The van der Waals surface area contributed by atoms with Gasteiger partial charge < -0.3 is 5.32 Å². The van der Waals surface area contributed by atoms with Crippen LogP contribution in [0.25, 0.3) is 0 Å². The Kier molecular flexibility index (Phi) is 6.07. The van der Waals surface area contributed by atoms with Gasteiger partial charge in [0.25, 0.3) is 0 Å². The van der Waals surface area contributed by atoms with Crippen molar-refractivity contribution in [3.63, 3.8) is 0 Å². The molecule has 0 aliphatic heterocycles. The van der Waals surface area contributed by atoms with E-state index in [9.17, 15) is 0 Å². The number of aromatic nitrogens is 1. The molecule has 0 radical (unpaired) electrons. The van der Waals surface area contributed by atoms with Gasteiger partial charge in [0.15, 0.2) is 0 Å². The summed E-state index contributed by atoms with van der Waals surface area (Å²) in [4.78, 5) is 4.09. The largest absolute Gasteiger partial charge is 0.313 e. The van der Waals surface area contributed by atoms with Crippen molar-refractivity contribution in [2.45, 2.75) is 65.3 Å². The molecule has 21 heavy (non-hydrogen) atoms. The molecule has 1 unspecified atom stereocenters. The molecule has 118 valence electrons. The van der Waals surface area contributed by atoms with Gasteiger partial charge in [0, 0.05) is 18.4 Å². The van der Waals surface area contributed by atoms with E-state index in [1.54, 1.807) is 6.20 Å². The van der Waals surface area contributed by atoms with Crippen LogP contribution in [0.3, 0.4) is 0 Å². The fourth-order valence-electron chi connectivity index (χ4n) is 3.37. The maximum Gasteiger partial charge on any atom is 0.0621 e. The van der Waals surface area contributed by atoms with Crippen LogP contribution in [0.15, 0.2) is 18.5 Å². The Morgan fingerprint density at radius 1 is 1.38 bits per heavy atom. The van der Waals surface area contributed by atoms with Gasteiger partial charge in [0.1, 0.15) is 0 Å². The molecule has 2 nitrogen and oxygen atoms in total. The van der Waals surface area contributed by atoms with Crippen molar-refractivity contribution in [2.24, 2.45) is 11.3 Å². The normalized spacial score (nSPS) is 20.4. The van der Waals surface area contributed by atoms with Crippen LogP contribution in [-0.2, 0) is 6.42 Å². The van der Waals surface area contributed by atoms with Gasteiger partial charge in [-0.15, -0.1) is 0 Å². The number of hydrogen-bond acceptors (Lipinski definition) is 2. The number of rotatable bonds is 6. The lowest BCUT2D eigenvalue weighted by molar-refractivity contribution is 0.160. The molecule has 1 aromatic heterocycles. The fourth-order valence-corrected chi connectivity index (χ4v) is 3.56. The average Bonchev–Trinajstić information content (AvgIpc) is 2.46. The van der Waals surface area contributed by atoms with Gasteiger partial charge in [-0.25, -0.2) is 0 Å². The first-order valence-electron chi connectivity index (χ1n) is 8.33. The quantitative estimate of drug-likeness (QED) is 0.811. The Balaban J connectivity index is 2.03. The highest BCUT2D eigenvalue weighted by atomic mass is 35.5. The highest BCUT2D eigenvalue weighted by molar-refractivity contribution is 6.31. The summed E-state index contributed by atoms with van der Waals surface area (Å²) >= 11 is 6.30. The van der Waals surface area contributed by atoms with Crippen LogP contribution in [0.1, 0.15) is 58.4 Å². The number of pyridine rings is 1. The van der Waals surface area contributed by atoms with Crippen LogP contribution in [0.4, 0.5) is 0 Å². The third kappa shape index (κ3) is 4.96. The topological polar surface area (TPSA) is 24.9 Å². The fraction of sp³-hybridized carbons (Fsp3) is 0.722. The minimum atomic E-state index is 0.528. The summed E-state index contributed by atoms with van der Waals surface area (Å²) in [7, 11) is 0. The molecular weight excluding hydrogens is 280 g/mol. The summed E-state index contributed by atoms with van der Waals surface area (Å²) in [5, 5.41) is 4.57. The van der Waals surface area contributed by atoms with Crippen molar-refractivity contribution in [1.82, 2.24) is 10.3 Å². The zero-order valence-electron chi connectivity index (χ0n) is 13.7. The van der Waals surface area contributed by atoms with E-state index in [1.807, 2.05) is 6.20 Å². The summed E-state index contributed by atoms with van der Waals surface area (Å²) in [6.45, 7) is 8.12. The van der Waals surface area contributed by atoms with E-state index in [4.69, 9.17) is 11.6 Å². The van der Waals surface area contributed by atoms with Crippen molar-refractivity contribution in [1.29, 1.82) is 0 Å². The molecule has 1 fully saturated rings. The molecule has 1 aliphatic carbocycles. The van der Waals surface area contributed by atoms with Crippen LogP contribution in [0, 0.1) is 11.3 Å². The van der Waals surface area contributed by atoms with E-state index in [0.717, 1.165) is 23.9 Å². The predicted octanol–water partition coefficient (Wildman–Crippen LogP) is 4.86. The highest BCUT2D eigenvalue weighted by Gasteiger charge is 2.31. The molecule has 1 aromatic rings. The molecule has 1 saturated carbocycles. The molecule has 2 rings (SSSR count). The zero-order chi connectivity index (χ0) is 15.3. The molecule has 0 amide bonds. The van der Waals surface area contributed by atoms with E-state index in [2.05, 4.69) is 37.1 Å². The molecule has 0 bridgehead atoms. The molecule has 1 heterocycles. The van der Waals surface area contributed by atoms with Crippen LogP contribution >= 0.6 is 11.6 Å². The molecular formula is C18H29ClN2. The second-order valence-corrected chi connectivity index (χ2v) is 7.64. The molecule has 1 atom stereocenters. The van der Waals surface area contributed by atoms with Gasteiger partial charge in [-0.2, -0.15) is 0 Å². The summed E-state index contributed by atoms with van der Waals surface area (Å²) in [6.07, 6.45) is 11.2. The lowest BCUT2D eigenvalue weighted by Gasteiger charge is -2.38. The first-order chi connectivity index (χ1) is 10.0. The second-order valence-electron chi connectivity index (χ2n) is 7.23. The first kappa shape index (κ1) is 16.8. The zero-order valence-corrected chi connectivity index (χ0v) is 14.4. The van der Waals surface area contributed by atoms with Crippen LogP contribution in [0.2, 0.25) is 5.02 Å². The summed E-state index contributed by atoms with van der Waals surface area (Å²) in [5.41, 5.74) is 1.75. The van der Waals surface area contributed by atoms with Crippen molar-refractivity contribution in [3.05, 3.63) is 29.0 Å². The van der Waals surface area contributed by atoms with Gasteiger partial charge in [-0.05, 0) is 68.0 Å². The van der Waals surface area contributed by atoms with Crippen molar-refractivity contribution in [2.75, 3.05) is 6.54 Å². The van der Waals surface area contributed by atoms with Gasteiger partial charge >= 0.3 is 0 Å². The van der Waals surface area contributed by atoms with Gasteiger partial charge in [0.2, 0.25) is 0 Å². The Bertz CT molecular complexity index is 435. The summed E-state index contributed by atoms with van der Waals surface area (Å²) < 4.78 is 0. The second kappa shape index (κ2) is 7.60. The number of halogens is 1. The maximum absolute atomic E-state index is 6.30. The number of nitrogens with zero attached hydrogens (tertiary/aromatic N) is 1. The predicted molar refractivity (Wildman–Crippen MR) is 90.8 cm³/mol. The smallest absolute Gasteiger partial charge is 0.0621 e.